The van der Waals surface area contributed by atoms with Crippen molar-refractivity contribution in [3.05, 3.63) is 35.4 Å². The molecule has 1 aliphatic carbocycles. The van der Waals surface area contributed by atoms with Gasteiger partial charge in [0.1, 0.15) is 0 Å². The Morgan fingerprint density at radius 3 is 2.67 bits per heavy atom. The molecule has 1 aromatic rings. The zero-order valence-electron chi connectivity index (χ0n) is 12.8. The molecule has 1 aromatic carbocycles. The molecule has 2 fully saturated rings. The van der Waals surface area contributed by atoms with Crippen molar-refractivity contribution in [1.82, 2.24) is 15.5 Å². The SMILES string of the molecule is Cc1ccc(CNC(=O)NC[C@@H]2CCN(C3CC3)C2)cc1. The van der Waals surface area contributed by atoms with Crippen molar-refractivity contribution in [3.63, 3.8) is 0 Å². The summed E-state index contributed by atoms with van der Waals surface area (Å²) in [6.07, 6.45) is 3.96. The number of aryl methyl sites for hydroxylation is 1. The second kappa shape index (κ2) is 6.48. The minimum atomic E-state index is -0.0551. The van der Waals surface area contributed by atoms with Crippen LogP contribution < -0.4 is 10.6 Å². The highest BCUT2D eigenvalue weighted by atomic mass is 16.2. The van der Waals surface area contributed by atoms with E-state index in [1.54, 1.807) is 0 Å². The summed E-state index contributed by atoms with van der Waals surface area (Å²) in [5, 5.41) is 5.93. The van der Waals surface area contributed by atoms with Crippen LogP contribution in [0.5, 0.6) is 0 Å². The number of carbonyl (C=O) groups excluding carboxylic acids is 1. The van der Waals surface area contributed by atoms with Crippen molar-refractivity contribution in [2.24, 2.45) is 5.92 Å². The first-order valence-electron chi connectivity index (χ1n) is 8.02. The van der Waals surface area contributed by atoms with Crippen molar-refractivity contribution in [1.29, 1.82) is 0 Å². The number of urea groups is 1. The highest BCUT2D eigenvalue weighted by Gasteiger charge is 2.34. The van der Waals surface area contributed by atoms with Gasteiger partial charge in [0.05, 0.1) is 0 Å². The number of rotatable bonds is 5. The number of benzene rings is 1. The van der Waals surface area contributed by atoms with Gasteiger partial charge in [-0.25, -0.2) is 4.79 Å². The number of hydrogen-bond donors (Lipinski definition) is 2. The third kappa shape index (κ3) is 4.21. The van der Waals surface area contributed by atoms with Crippen LogP contribution in [-0.4, -0.2) is 36.6 Å². The van der Waals surface area contributed by atoms with E-state index >= 15 is 0 Å². The maximum atomic E-state index is 11.8. The normalized spacial score (nSPS) is 22.2. The first-order chi connectivity index (χ1) is 10.2. The Kier molecular flexibility index (Phi) is 4.44. The molecule has 0 spiro atoms. The van der Waals surface area contributed by atoms with E-state index in [1.807, 2.05) is 0 Å². The van der Waals surface area contributed by atoms with Crippen LogP contribution in [0.1, 0.15) is 30.4 Å². The first-order valence-corrected chi connectivity index (χ1v) is 8.02. The number of nitrogens with one attached hydrogen (secondary N) is 2. The summed E-state index contributed by atoms with van der Waals surface area (Å²) in [5.74, 6) is 0.621. The minimum absolute atomic E-state index is 0.0551. The third-order valence-electron chi connectivity index (χ3n) is 4.51. The predicted molar refractivity (Wildman–Crippen MR) is 84.1 cm³/mol. The predicted octanol–water partition coefficient (Wildman–Crippen LogP) is 2.28. The third-order valence-corrected chi connectivity index (χ3v) is 4.51. The summed E-state index contributed by atoms with van der Waals surface area (Å²) in [4.78, 5) is 14.4. The summed E-state index contributed by atoms with van der Waals surface area (Å²) in [7, 11) is 0. The number of likely N-dealkylation sites (tertiary alicyclic amines) is 1. The second-order valence-electron chi connectivity index (χ2n) is 6.43. The van der Waals surface area contributed by atoms with Crippen LogP contribution in [0, 0.1) is 12.8 Å². The standard InChI is InChI=1S/C17H25N3O/c1-13-2-4-14(5-3-13)10-18-17(21)19-11-15-8-9-20(12-15)16-6-7-16/h2-5,15-16H,6-12H2,1H3,(H2,18,19,21)/t15-/m0/s1. The molecule has 0 radical (unpaired) electrons. The average molecular weight is 287 g/mol. The zero-order chi connectivity index (χ0) is 14.7. The zero-order valence-corrected chi connectivity index (χ0v) is 12.8. The molecule has 114 valence electrons. The highest BCUT2D eigenvalue weighted by molar-refractivity contribution is 5.73. The largest absolute Gasteiger partial charge is 0.338 e. The molecule has 0 aromatic heterocycles. The molecule has 3 rings (SSSR count). The number of carbonyl (C=O) groups is 1. The van der Waals surface area contributed by atoms with Crippen LogP contribution >= 0.6 is 0 Å². The van der Waals surface area contributed by atoms with Gasteiger partial charge in [-0.15, -0.1) is 0 Å². The Morgan fingerprint density at radius 1 is 1.19 bits per heavy atom. The number of nitrogens with zero attached hydrogens (tertiary/aromatic N) is 1. The van der Waals surface area contributed by atoms with Gasteiger partial charge in [-0.1, -0.05) is 29.8 Å². The molecule has 1 heterocycles. The van der Waals surface area contributed by atoms with E-state index in [1.165, 1.54) is 31.4 Å². The fourth-order valence-electron chi connectivity index (χ4n) is 2.99. The first kappa shape index (κ1) is 14.4. The van der Waals surface area contributed by atoms with Gasteiger partial charge in [-0.2, -0.15) is 0 Å². The molecule has 2 N–H and O–H groups in total. The van der Waals surface area contributed by atoms with Gasteiger partial charge in [-0.3, -0.25) is 0 Å². The molecule has 2 amide bonds. The van der Waals surface area contributed by atoms with E-state index < -0.39 is 0 Å². The molecule has 0 unspecified atom stereocenters. The average Bonchev–Trinajstić information content (AvgIpc) is 3.23. The maximum absolute atomic E-state index is 11.8. The fraction of sp³-hybridized carbons (Fsp3) is 0.588. The molecule has 4 nitrogen and oxygen atoms in total. The summed E-state index contributed by atoms with van der Waals surface area (Å²) >= 11 is 0. The van der Waals surface area contributed by atoms with Gasteiger partial charge < -0.3 is 15.5 Å². The molecule has 0 bridgehead atoms. The van der Waals surface area contributed by atoms with Gasteiger partial charge in [0.2, 0.25) is 0 Å². The molecule has 2 aliphatic rings. The molecule has 1 saturated carbocycles. The van der Waals surface area contributed by atoms with E-state index in [4.69, 9.17) is 0 Å². The molecule has 1 saturated heterocycles. The van der Waals surface area contributed by atoms with Crippen molar-refractivity contribution in [3.8, 4) is 0 Å². The summed E-state index contributed by atoms with van der Waals surface area (Å²) in [6.45, 7) is 5.81. The van der Waals surface area contributed by atoms with Gasteiger partial charge in [0, 0.05) is 25.7 Å². The van der Waals surface area contributed by atoms with Crippen LogP contribution in [0.3, 0.4) is 0 Å². The summed E-state index contributed by atoms with van der Waals surface area (Å²) in [5.41, 5.74) is 2.38. The van der Waals surface area contributed by atoms with Crippen LogP contribution in [0.15, 0.2) is 24.3 Å². The van der Waals surface area contributed by atoms with Gasteiger partial charge in [0.25, 0.3) is 0 Å². The Labute approximate surface area is 126 Å². The Bertz CT molecular complexity index is 481. The molecular weight excluding hydrogens is 262 g/mol. The quantitative estimate of drug-likeness (QED) is 0.872. The monoisotopic (exact) mass is 287 g/mol. The van der Waals surface area contributed by atoms with Crippen molar-refractivity contribution in [2.75, 3.05) is 19.6 Å². The lowest BCUT2D eigenvalue weighted by Crippen LogP contribution is -2.38. The minimum Gasteiger partial charge on any atom is -0.338 e. The lowest BCUT2D eigenvalue weighted by Gasteiger charge is -2.15. The van der Waals surface area contributed by atoms with Crippen LogP contribution in [-0.2, 0) is 6.54 Å². The number of amides is 2. The molecule has 4 heteroatoms. The highest BCUT2D eigenvalue weighted by Crippen LogP contribution is 2.31. The Balaban J connectivity index is 1.33. The van der Waals surface area contributed by atoms with Gasteiger partial charge in [-0.05, 0) is 44.2 Å². The summed E-state index contributed by atoms with van der Waals surface area (Å²) in [6, 6.07) is 9.05. The Morgan fingerprint density at radius 2 is 1.95 bits per heavy atom. The summed E-state index contributed by atoms with van der Waals surface area (Å²) < 4.78 is 0. The Hall–Kier alpha value is -1.55. The van der Waals surface area contributed by atoms with Crippen molar-refractivity contribution < 1.29 is 4.79 Å². The maximum Gasteiger partial charge on any atom is 0.315 e. The molecule has 21 heavy (non-hydrogen) atoms. The van der Waals surface area contributed by atoms with Gasteiger partial charge >= 0.3 is 6.03 Å². The van der Waals surface area contributed by atoms with Crippen LogP contribution in [0.25, 0.3) is 0 Å². The second-order valence-corrected chi connectivity index (χ2v) is 6.43. The number of hydrogen-bond acceptors (Lipinski definition) is 2. The smallest absolute Gasteiger partial charge is 0.315 e. The molecule has 1 aliphatic heterocycles. The lowest BCUT2D eigenvalue weighted by molar-refractivity contribution is 0.238. The van der Waals surface area contributed by atoms with E-state index in [9.17, 15) is 4.79 Å². The molecule has 1 atom stereocenters. The van der Waals surface area contributed by atoms with Crippen LogP contribution in [0.2, 0.25) is 0 Å². The molecular formula is C17H25N3O. The lowest BCUT2D eigenvalue weighted by atomic mass is 10.1. The van der Waals surface area contributed by atoms with E-state index in [-0.39, 0.29) is 6.03 Å². The fourth-order valence-corrected chi connectivity index (χ4v) is 2.99. The topological polar surface area (TPSA) is 44.4 Å². The van der Waals surface area contributed by atoms with E-state index in [0.29, 0.717) is 12.5 Å². The van der Waals surface area contributed by atoms with Crippen molar-refractivity contribution in [2.45, 2.75) is 38.8 Å². The van der Waals surface area contributed by atoms with E-state index in [0.717, 1.165) is 24.7 Å². The van der Waals surface area contributed by atoms with Crippen LogP contribution in [0.4, 0.5) is 4.79 Å². The van der Waals surface area contributed by atoms with E-state index in [2.05, 4.69) is 46.7 Å². The van der Waals surface area contributed by atoms with Gasteiger partial charge in [0.15, 0.2) is 0 Å². The van der Waals surface area contributed by atoms with Crippen molar-refractivity contribution >= 4 is 6.03 Å².